The molecule has 3 aromatic rings. The highest BCUT2D eigenvalue weighted by Gasteiger charge is 2.21. The predicted octanol–water partition coefficient (Wildman–Crippen LogP) is 6.58. The summed E-state index contributed by atoms with van der Waals surface area (Å²) >= 11 is 3.59. The molecule has 0 fully saturated rings. The van der Waals surface area contributed by atoms with Gasteiger partial charge in [0, 0.05) is 10.5 Å². The summed E-state index contributed by atoms with van der Waals surface area (Å²) in [6.07, 6.45) is 2.73. The molecule has 1 aliphatic rings. The summed E-state index contributed by atoms with van der Waals surface area (Å²) in [6, 6.07) is 11.1. The Balaban J connectivity index is 1.73. The van der Waals surface area contributed by atoms with Crippen LogP contribution in [0.25, 0.3) is 0 Å². The number of aryl methyl sites for hydroxylation is 4. The van der Waals surface area contributed by atoms with Gasteiger partial charge in [-0.15, -0.1) is 5.11 Å². The van der Waals surface area contributed by atoms with Crippen LogP contribution in [-0.2, 0) is 25.7 Å². The Kier molecular flexibility index (Phi) is 7.06. The molecule has 0 aromatic heterocycles. The lowest BCUT2D eigenvalue weighted by molar-refractivity contribution is -0.393. The first-order valence-electron chi connectivity index (χ1n) is 10.7. The van der Waals surface area contributed by atoms with Crippen LogP contribution in [-0.4, -0.2) is 24.1 Å². The number of methoxy groups -OCH3 is 2. The highest BCUT2D eigenvalue weighted by atomic mass is 79.9. The van der Waals surface area contributed by atoms with Crippen molar-refractivity contribution in [2.45, 2.75) is 25.7 Å². The molecule has 0 heterocycles. The molecule has 4 bridgehead atoms. The van der Waals surface area contributed by atoms with Crippen molar-refractivity contribution < 1.29 is 19.3 Å². The maximum atomic E-state index is 11.4. The number of fused-ring (bicyclic) bond motifs is 4. The van der Waals surface area contributed by atoms with Gasteiger partial charge in [0.25, 0.3) is 5.69 Å². The van der Waals surface area contributed by atoms with Crippen LogP contribution in [0.15, 0.2) is 57.2 Å². The van der Waals surface area contributed by atoms with E-state index < -0.39 is 15.5 Å². The van der Waals surface area contributed by atoms with E-state index in [9.17, 15) is 20.2 Å². The average molecular weight is 541 g/mol. The number of non-ortho nitro benzene ring substituents is 1. The number of nitro benzene ring substituents is 2. The minimum absolute atomic E-state index is 0.0646. The molecule has 11 heteroatoms. The van der Waals surface area contributed by atoms with Crippen LogP contribution >= 0.6 is 15.9 Å². The molecule has 0 atom stereocenters. The Bertz CT molecular complexity index is 1310. The van der Waals surface area contributed by atoms with Gasteiger partial charge in [-0.3, -0.25) is 20.2 Å². The number of hydrogen-bond donors (Lipinski definition) is 0. The van der Waals surface area contributed by atoms with Gasteiger partial charge in [-0.2, -0.15) is 5.11 Å². The lowest BCUT2D eigenvalue weighted by Gasteiger charge is -2.20. The maximum Gasteiger partial charge on any atom is 0.303 e. The van der Waals surface area contributed by atoms with E-state index in [-0.39, 0.29) is 11.4 Å². The Morgan fingerprint density at radius 2 is 1.29 bits per heavy atom. The van der Waals surface area contributed by atoms with Crippen molar-refractivity contribution in [1.29, 1.82) is 0 Å². The van der Waals surface area contributed by atoms with E-state index in [1.54, 1.807) is 14.2 Å². The smallest absolute Gasteiger partial charge is 0.303 e. The Morgan fingerprint density at radius 3 is 1.74 bits per heavy atom. The normalized spacial score (nSPS) is 12.9. The second kappa shape index (κ2) is 10.2. The standard InChI is InChI=1S/C24H21BrN4O6/c1-34-23-14-3-5-16-11-19(12-17(24(16)35-2)6-4-15(23)10-18(25)9-14)26-27-21-8-7-20(28(30)31)13-22(21)29(32)33/h7-13H,3-6H2,1-2H3. The molecular formula is C24H21BrN4O6. The van der Waals surface area contributed by atoms with Crippen LogP contribution < -0.4 is 9.47 Å². The molecule has 1 aliphatic carbocycles. The molecule has 0 spiro atoms. The second-order valence-electron chi connectivity index (χ2n) is 7.94. The minimum Gasteiger partial charge on any atom is -0.496 e. The summed E-state index contributed by atoms with van der Waals surface area (Å²) in [5.41, 5.74) is 3.61. The first kappa shape index (κ1) is 24.3. The zero-order chi connectivity index (χ0) is 25.1. The van der Waals surface area contributed by atoms with Crippen molar-refractivity contribution in [3.05, 3.63) is 89.4 Å². The Morgan fingerprint density at radius 1 is 0.771 bits per heavy atom. The molecule has 35 heavy (non-hydrogen) atoms. The van der Waals surface area contributed by atoms with Crippen LogP contribution in [0, 0.1) is 20.2 Å². The number of ether oxygens (including phenoxy) is 2. The van der Waals surface area contributed by atoms with Crippen molar-refractivity contribution in [3.63, 3.8) is 0 Å². The molecule has 10 nitrogen and oxygen atoms in total. The zero-order valence-electron chi connectivity index (χ0n) is 19.0. The first-order chi connectivity index (χ1) is 16.8. The molecule has 0 aliphatic heterocycles. The van der Waals surface area contributed by atoms with Gasteiger partial charge in [0.15, 0.2) is 5.69 Å². The molecule has 0 amide bonds. The summed E-state index contributed by atoms with van der Waals surface area (Å²) in [5.74, 6) is 1.68. The first-order valence-corrected chi connectivity index (χ1v) is 11.5. The van der Waals surface area contributed by atoms with Crippen LogP contribution in [0.4, 0.5) is 22.7 Å². The summed E-state index contributed by atoms with van der Waals surface area (Å²) < 4.78 is 12.4. The van der Waals surface area contributed by atoms with Crippen molar-refractivity contribution in [3.8, 4) is 11.5 Å². The topological polar surface area (TPSA) is 129 Å². The van der Waals surface area contributed by atoms with Crippen molar-refractivity contribution in [2.75, 3.05) is 14.2 Å². The van der Waals surface area contributed by atoms with Gasteiger partial charge in [-0.05, 0) is 78.3 Å². The second-order valence-corrected chi connectivity index (χ2v) is 8.86. The molecule has 0 saturated carbocycles. The minimum atomic E-state index is -0.711. The fourth-order valence-electron chi connectivity index (χ4n) is 4.28. The number of benzene rings is 3. The fraction of sp³-hybridized carbons (Fsp3) is 0.250. The summed E-state index contributed by atoms with van der Waals surface area (Å²) in [4.78, 5) is 21.0. The van der Waals surface area contributed by atoms with Crippen molar-refractivity contribution in [1.82, 2.24) is 0 Å². The molecule has 180 valence electrons. The molecule has 0 N–H and O–H groups in total. The number of hydrogen-bond acceptors (Lipinski definition) is 8. The predicted molar refractivity (Wildman–Crippen MR) is 132 cm³/mol. The third-order valence-electron chi connectivity index (χ3n) is 5.81. The summed E-state index contributed by atoms with van der Waals surface area (Å²) in [5, 5.41) is 30.7. The number of azo groups is 1. The average Bonchev–Trinajstić information content (AvgIpc) is 2.83. The van der Waals surface area contributed by atoms with Crippen molar-refractivity contribution >= 4 is 38.7 Å². The van der Waals surface area contributed by atoms with Gasteiger partial charge in [-0.1, -0.05) is 15.9 Å². The van der Waals surface area contributed by atoms with Crippen molar-refractivity contribution in [2.24, 2.45) is 10.2 Å². The van der Waals surface area contributed by atoms with Gasteiger partial charge >= 0.3 is 5.69 Å². The number of nitro groups is 2. The van der Waals surface area contributed by atoms with E-state index in [1.807, 2.05) is 12.1 Å². The zero-order valence-corrected chi connectivity index (χ0v) is 20.6. The molecule has 4 rings (SSSR count). The van der Waals surface area contributed by atoms with E-state index in [4.69, 9.17) is 9.47 Å². The number of nitrogens with zero attached hydrogens (tertiary/aromatic N) is 4. The van der Waals surface area contributed by atoms with E-state index >= 15 is 0 Å². The lowest BCUT2D eigenvalue weighted by atomic mass is 9.92. The Labute approximate surface area is 209 Å². The monoisotopic (exact) mass is 540 g/mol. The molecular weight excluding hydrogens is 520 g/mol. The van der Waals surface area contributed by atoms with Gasteiger partial charge in [-0.25, -0.2) is 0 Å². The highest BCUT2D eigenvalue weighted by Crippen LogP contribution is 2.38. The quantitative estimate of drug-likeness (QED) is 0.197. The van der Waals surface area contributed by atoms with Gasteiger partial charge < -0.3 is 9.47 Å². The van der Waals surface area contributed by atoms with Crippen LogP contribution in [0.1, 0.15) is 22.3 Å². The number of halogens is 1. The Hall–Kier alpha value is -3.86. The van der Waals surface area contributed by atoms with E-state index in [2.05, 4.69) is 38.3 Å². The third kappa shape index (κ3) is 5.14. The lowest BCUT2D eigenvalue weighted by Crippen LogP contribution is -2.06. The third-order valence-corrected chi connectivity index (χ3v) is 6.27. The SMILES string of the molecule is COc1c2cc(Br)cc1CCc1cc(N=Nc3ccc([N+](=O)[O-])cc3[N+](=O)[O-])cc(c1OC)CC2. The van der Waals surface area contributed by atoms with Crippen LogP contribution in [0.3, 0.4) is 0 Å². The van der Waals surface area contributed by atoms with Crippen LogP contribution in [0.5, 0.6) is 11.5 Å². The van der Waals surface area contributed by atoms with E-state index in [0.717, 1.165) is 50.4 Å². The van der Waals surface area contributed by atoms with Gasteiger partial charge in [0.1, 0.15) is 11.5 Å². The molecule has 3 aromatic carbocycles. The molecule has 0 saturated heterocycles. The number of rotatable bonds is 6. The van der Waals surface area contributed by atoms with Crippen LogP contribution in [0.2, 0.25) is 0 Å². The van der Waals surface area contributed by atoms with Gasteiger partial charge in [0.05, 0.1) is 35.8 Å². The fourth-order valence-corrected chi connectivity index (χ4v) is 4.83. The summed E-state index contributed by atoms with van der Waals surface area (Å²) in [6.45, 7) is 0. The molecule has 0 unspecified atom stereocenters. The van der Waals surface area contributed by atoms with E-state index in [1.165, 1.54) is 6.07 Å². The highest BCUT2D eigenvalue weighted by molar-refractivity contribution is 9.10. The van der Waals surface area contributed by atoms with E-state index in [0.29, 0.717) is 31.4 Å². The maximum absolute atomic E-state index is 11.4. The molecule has 0 radical (unpaired) electrons. The van der Waals surface area contributed by atoms with Gasteiger partial charge in [0.2, 0.25) is 0 Å². The summed E-state index contributed by atoms with van der Waals surface area (Å²) in [7, 11) is 3.31. The largest absolute Gasteiger partial charge is 0.496 e.